The third kappa shape index (κ3) is 5.61. The normalized spacial score (nSPS) is 24.5. The average Bonchev–Trinajstić information content (AvgIpc) is 3.38. The molecule has 6 rings (SSSR count). The second-order valence-electron chi connectivity index (χ2n) is 11.2. The van der Waals surface area contributed by atoms with Crippen LogP contribution >= 0.6 is 0 Å². The molecular weight excluding hydrogens is 545 g/mol. The van der Waals surface area contributed by atoms with Gasteiger partial charge in [-0.15, -0.1) is 0 Å². The molecule has 8 nitrogen and oxygen atoms in total. The van der Waals surface area contributed by atoms with Crippen LogP contribution in [0.4, 0.5) is 4.39 Å². The summed E-state index contributed by atoms with van der Waals surface area (Å²) in [6, 6.07) is 20.4. The fraction of sp³-hybridized carbons (Fsp3) is 0.387. The van der Waals surface area contributed by atoms with Gasteiger partial charge in [-0.05, 0) is 42.2 Å². The molecule has 2 saturated heterocycles. The fourth-order valence-corrected chi connectivity index (χ4v) is 7.95. The number of amides is 1. The molecule has 3 aliphatic heterocycles. The number of rotatable bonds is 3. The zero-order chi connectivity index (χ0) is 28.6. The zero-order valence-corrected chi connectivity index (χ0v) is 23.5. The number of hydrogen-bond donors (Lipinski definition) is 2. The highest BCUT2D eigenvalue weighted by Gasteiger charge is 2.47. The van der Waals surface area contributed by atoms with Crippen LogP contribution in [0, 0.1) is 5.82 Å². The van der Waals surface area contributed by atoms with E-state index in [1.807, 2.05) is 36.4 Å². The molecule has 2 fully saturated rings. The lowest BCUT2D eigenvalue weighted by molar-refractivity contribution is -0.127. The Morgan fingerprint density at radius 1 is 0.976 bits per heavy atom. The van der Waals surface area contributed by atoms with Crippen LogP contribution in [0.1, 0.15) is 31.2 Å². The summed E-state index contributed by atoms with van der Waals surface area (Å²) in [5.74, 6) is -0.413. The molecule has 216 valence electrons. The van der Waals surface area contributed by atoms with Crippen molar-refractivity contribution in [3.63, 3.8) is 0 Å². The summed E-state index contributed by atoms with van der Waals surface area (Å²) >= 11 is 0. The maximum Gasteiger partial charge on any atom is 0.247 e. The Labute approximate surface area is 239 Å². The number of hydrogen-bond acceptors (Lipinski definition) is 6. The number of sulfonamides is 1. The lowest BCUT2D eigenvalue weighted by Gasteiger charge is -2.43. The summed E-state index contributed by atoms with van der Waals surface area (Å²) in [6.45, 7) is 1.80. The van der Waals surface area contributed by atoms with Gasteiger partial charge in [0.05, 0.1) is 12.7 Å². The number of aliphatic hydroxyl groups excluding tert-OH is 1. The summed E-state index contributed by atoms with van der Waals surface area (Å²) in [6.07, 6.45) is 0.774. The predicted molar refractivity (Wildman–Crippen MR) is 152 cm³/mol. The van der Waals surface area contributed by atoms with Crippen molar-refractivity contribution in [1.29, 1.82) is 0 Å². The Bertz CT molecular complexity index is 1530. The molecule has 3 heterocycles. The number of likely N-dealkylation sites (tertiary alicyclic amines) is 1. The van der Waals surface area contributed by atoms with Crippen LogP contribution in [0.25, 0.3) is 11.1 Å². The number of fused-ring (bicyclic) bond motifs is 2. The van der Waals surface area contributed by atoms with Crippen molar-refractivity contribution >= 4 is 15.9 Å². The first-order valence-electron chi connectivity index (χ1n) is 14.0. The second kappa shape index (κ2) is 11.2. The third-order valence-corrected chi connectivity index (χ3v) is 10.5. The number of carbonyl (C=O) groups excluding carboxylic acids is 1. The van der Waals surface area contributed by atoms with Gasteiger partial charge >= 0.3 is 0 Å². The lowest BCUT2D eigenvalue weighted by Crippen LogP contribution is -2.59. The molecule has 1 spiro atoms. The van der Waals surface area contributed by atoms with E-state index in [0.717, 1.165) is 15.4 Å². The molecule has 3 aromatic rings. The van der Waals surface area contributed by atoms with Gasteiger partial charge in [0.25, 0.3) is 0 Å². The number of benzene rings is 3. The minimum Gasteiger partial charge on any atom is -0.492 e. The van der Waals surface area contributed by atoms with Crippen molar-refractivity contribution in [2.75, 3.05) is 26.2 Å². The molecule has 3 aliphatic rings. The lowest BCUT2D eigenvalue weighted by atomic mass is 9.84. The van der Waals surface area contributed by atoms with Gasteiger partial charge < -0.3 is 15.2 Å². The summed E-state index contributed by atoms with van der Waals surface area (Å²) in [7, 11) is -4.15. The van der Waals surface area contributed by atoms with Gasteiger partial charge in [0.2, 0.25) is 15.9 Å². The number of nitrogens with zero attached hydrogens (tertiary/aromatic N) is 2. The highest BCUT2D eigenvalue weighted by molar-refractivity contribution is 7.89. The molecule has 0 aromatic heterocycles. The standard InChI is InChI=1S/C31H34FN3O5S/c32-26-9-5-4-8-24(26)20-34-15-12-31(13-16-34)14-17-40-28-18-23(22-6-2-1-3-7-22)10-11-29(28)41(38,39)35-21-25(36)19-27(35)30(37)33-31/h1-11,18,25,27,36H,12-17,19-21H2,(H,33,37)/t25-,27+/m1/s1. The van der Waals surface area contributed by atoms with E-state index in [1.165, 1.54) is 12.1 Å². The first kappa shape index (κ1) is 27.8. The smallest absolute Gasteiger partial charge is 0.247 e. The van der Waals surface area contributed by atoms with E-state index in [-0.39, 0.29) is 36.0 Å². The number of halogens is 1. The molecule has 0 aliphatic carbocycles. The van der Waals surface area contributed by atoms with Crippen molar-refractivity contribution in [3.8, 4) is 16.9 Å². The van der Waals surface area contributed by atoms with Crippen LogP contribution in [0.2, 0.25) is 0 Å². The highest BCUT2D eigenvalue weighted by atomic mass is 32.2. The number of nitrogens with one attached hydrogen (secondary N) is 1. The minimum atomic E-state index is -4.15. The number of piperidine rings is 1. The fourth-order valence-electron chi connectivity index (χ4n) is 6.20. The van der Waals surface area contributed by atoms with Crippen LogP contribution in [0.3, 0.4) is 0 Å². The van der Waals surface area contributed by atoms with E-state index in [4.69, 9.17) is 4.74 Å². The van der Waals surface area contributed by atoms with Crippen LogP contribution in [-0.4, -0.2) is 72.6 Å². The van der Waals surface area contributed by atoms with Crippen molar-refractivity contribution in [2.24, 2.45) is 0 Å². The second-order valence-corrected chi connectivity index (χ2v) is 13.1. The SMILES string of the molecule is O=C1NC2(CCOc3cc(-c4ccccc4)ccc3S(=O)(=O)N3C[C@H](O)C[C@@H]13)CCN(Cc1ccccc1F)CC2. The summed E-state index contributed by atoms with van der Waals surface area (Å²) in [5, 5.41) is 13.7. The van der Waals surface area contributed by atoms with Gasteiger partial charge in [-0.1, -0.05) is 54.6 Å². The van der Waals surface area contributed by atoms with Gasteiger partial charge in [0.1, 0.15) is 22.5 Å². The molecule has 0 radical (unpaired) electrons. The van der Waals surface area contributed by atoms with E-state index in [0.29, 0.717) is 44.5 Å². The monoisotopic (exact) mass is 579 g/mol. The maximum absolute atomic E-state index is 14.3. The minimum absolute atomic E-state index is 0.0141. The molecule has 3 aromatic carbocycles. The highest BCUT2D eigenvalue weighted by Crippen LogP contribution is 2.37. The van der Waals surface area contributed by atoms with Crippen LogP contribution in [-0.2, 0) is 21.4 Å². The van der Waals surface area contributed by atoms with Gasteiger partial charge in [-0.3, -0.25) is 9.69 Å². The Morgan fingerprint density at radius 3 is 2.46 bits per heavy atom. The van der Waals surface area contributed by atoms with Crippen molar-refractivity contribution in [1.82, 2.24) is 14.5 Å². The van der Waals surface area contributed by atoms with Gasteiger partial charge in [-0.2, -0.15) is 4.31 Å². The topological polar surface area (TPSA) is 99.2 Å². The van der Waals surface area contributed by atoms with E-state index in [9.17, 15) is 22.7 Å². The molecule has 0 unspecified atom stereocenters. The Balaban J connectivity index is 1.30. The molecule has 10 heteroatoms. The quantitative estimate of drug-likeness (QED) is 0.493. The molecule has 0 bridgehead atoms. The number of ether oxygens (including phenoxy) is 1. The Hall–Kier alpha value is -3.31. The van der Waals surface area contributed by atoms with Crippen molar-refractivity contribution in [2.45, 2.75) is 54.8 Å². The van der Waals surface area contributed by atoms with E-state index >= 15 is 0 Å². The van der Waals surface area contributed by atoms with E-state index in [1.54, 1.807) is 24.3 Å². The Kier molecular flexibility index (Phi) is 7.58. The van der Waals surface area contributed by atoms with Crippen LogP contribution < -0.4 is 10.1 Å². The first-order chi connectivity index (χ1) is 19.7. The maximum atomic E-state index is 14.3. The molecule has 2 atom stereocenters. The predicted octanol–water partition coefficient (Wildman–Crippen LogP) is 3.55. The van der Waals surface area contributed by atoms with E-state index < -0.39 is 33.6 Å². The summed E-state index contributed by atoms with van der Waals surface area (Å²) in [5.41, 5.74) is 1.76. The first-order valence-corrected chi connectivity index (χ1v) is 15.5. The molecule has 2 N–H and O–H groups in total. The van der Waals surface area contributed by atoms with Crippen molar-refractivity contribution in [3.05, 3.63) is 84.2 Å². The average molecular weight is 580 g/mol. The van der Waals surface area contributed by atoms with Crippen molar-refractivity contribution < 1.29 is 27.4 Å². The third-order valence-electron chi connectivity index (χ3n) is 8.57. The van der Waals surface area contributed by atoms with Gasteiger partial charge in [0.15, 0.2) is 0 Å². The molecule has 0 saturated carbocycles. The Morgan fingerprint density at radius 2 is 1.71 bits per heavy atom. The van der Waals surface area contributed by atoms with Gasteiger partial charge in [-0.25, -0.2) is 12.8 Å². The van der Waals surface area contributed by atoms with E-state index in [2.05, 4.69) is 10.2 Å². The molecule has 41 heavy (non-hydrogen) atoms. The van der Waals surface area contributed by atoms with Crippen LogP contribution in [0.5, 0.6) is 5.75 Å². The molecular formula is C31H34FN3O5S. The zero-order valence-electron chi connectivity index (χ0n) is 22.7. The molecule has 1 amide bonds. The largest absolute Gasteiger partial charge is 0.492 e. The van der Waals surface area contributed by atoms with Gasteiger partial charge in [0, 0.05) is 50.1 Å². The summed E-state index contributed by atoms with van der Waals surface area (Å²) < 4.78 is 49.4. The number of carbonyl (C=O) groups is 1. The summed E-state index contributed by atoms with van der Waals surface area (Å²) in [4.78, 5) is 15.8. The number of aliphatic hydroxyl groups is 1. The van der Waals surface area contributed by atoms with Crippen LogP contribution in [0.15, 0.2) is 77.7 Å².